The second-order valence-corrected chi connectivity index (χ2v) is 12.9. The number of pyridine rings is 1. The van der Waals surface area contributed by atoms with E-state index in [1.807, 2.05) is 66.7 Å². The molecule has 9 nitrogen and oxygen atoms in total. The maximum Gasteiger partial charge on any atom is 0.170 e. The summed E-state index contributed by atoms with van der Waals surface area (Å²) in [5.41, 5.74) is 22.7. The van der Waals surface area contributed by atoms with Gasteiger partial charge in [-0.2, -0.15) is 0 Å². The number of halogens is 1. The average molecular weight is 728 g/mol. The molecule has 10 heteroatoms. The quantitative estimate of drug-likeness (QED) is 0.0353. The Morgan fingerprint density at radius 3 is 1.49 bits per heavy atom. The lowest BCUT2D eigenvalue weighted by Gasteiger charge is -2.18. The maximum atomic E-state index is 9.66. The molecule has 0 spiro atoms. The third-order valence-electron chi connectivity index (χ3n) is 8.66. The lowest BCUT2D eigenvalue weighted by Crippen LogP contribution is -2.15. The lowest BCUT2D eigenvalue weighted by molar-refractivity contribution is 0.318. The molecule has 1 aromatic heterocycles. The van der Waals surface area contributed by atoms with Gasteiger partial charge in [0.2, 0.25) is 0 Å². The van der Waals surface area contributed by atoms with Gasteiger partial charge in [0.25, 0.3) is 0 Å². The molecule has 0 fully saturated rings. The van der Waals surface area contributed by atoms with Crippen molar-refractivity contribution in [2.75, 3.05) is 0 Å². The number of rotatable bonds is 10. The van der Waals surface area contributed by atoms with Gasteiger partial charge in [-0.05, 0) is 106 Å². The zero-order chi connectivity index (χ0) is 37.9. The van der Waals surface area contributed by atoms with Crippen LogP contribution in [0.25, 0.3) is 44.5 Å². The number of nitrogens with zero attached hydrogens (tertiary/aromatic N) is 3. The number of hydrogen-bond donors (Lipinski definition) is 6. The van der Waals surface area contributed by atoms with E-state index in [1.165, 1.54) is 0 Å². The number of oxime groups is 2. The number of benzene rings is 5. The van der Waals surface area contributed by atoms with Gasteiger partial charge in [-0.3, -0.25) is 4.98 Å². The third-order valence-corrected chi connectivity index (χ3v) is 8.90. The van der Waals surface area contributed by atoms with E-state index in [-0.39, 0.29) is 23.2 Å². The van der Waals surface area contributed by atoms with Crippen molar-refractivity contribution in [3.8, 4) is 56.0 Å². The van der Waals surface area contributed by atoms with Gasteiger partial charge in [0.1, 0.15) is 11.5 Å². The molecule has 0 saturated heterocycles. The van der Waals surface area contributed by atoms with Gasteiger partial charge >= 0.3 is 0 Å². The molecule has 0 amide bonds. The van der Waals surface area contributed by atoms with Crippen LogP contribution in [0.4, 0.5) is 0 Å². The van der Waals surface area contributed by atoms with Crippen molar-refractivity contribution < 1.29 is 20.6 Å². The van der Waals surface area contributed by atoms with E-state index >= 15 is 0 Å². The largest absolute Gasteiger partial charge is 0.508 e. The zero-order valence-electron chi connectivity index (χ0n) is 29.5. The summed E-state index contributed by atoms with van der Waals surface area (Å²) in [6.45, 7) is 4.21. The van der Waals surface area contributed by atoms with Crippen LogP contribution in [0.1, 0.15) is 48.9 Å². The van der Waals surface area contributed by atoms with Gasteiger partial charge in [-0.25, -0.2) is 0 Å². The Hall–Kier alpha value is -6.32. The second kappa shape index (κ2) is 17.7. The van der Waals surface area contributed by atoms with Crippen LogP contribution in [0.3, 0.4) is 0 Å². The minimum Gasteiger partial charge on any atom is -0.508 e. The molecule has 270 valence electrons. The molecule has 0 aliphatic carbocycles. The Morgan fingerprint density at radius 2 is 1.08 bits per heavy atom. The van der Waals surface area contributed by atoms with Crippen molar-refractivity contribution in [1.29, 1.82) is 0 Å². The summed E-state index contributed by atoms with van der Waals surface area (Å²) in [4.78, 5) is 4.21. The number of aromatic nitrogens is 1. The van der Waals surface area contributed by atoms with Crippen molar-refractivity contribution in [2.24, 2.45) is 21.8 Å². The van der Waals surface area contributed by atoms with Crippen LogP contribution in [0.15, 0.2) is 132 Å². The van der Waals surface area contributed by atoms with Gasteiger partial charge in [0.05, 0.1) is 0 Å². The highest BCUT2D eigenvalue weighted by Gasteiger charge is 2.19. The van der Waals surface area contributed by atoms with Crippen LogP contribution in [0.2, 0.25) is 5.02 Å². The van der Waals surface area contributed by atoms with E-state index in [1.54, 1.807) is 42.7 Å². The van der Waals surface area contributed by atoms with Gasteiger partial charge in [-0.1, -0.05) is 103 Å². The smallest absolute Gasteiger partial charge is 0.170 e. The first-order valence-corrected chi connectivity index (χ1v) is 17.6. The average Bonchev–Trinajstić information content (AvgIpc) is 3.18. The van der Waals surface area contributed by atoms with Crippen LogP contribution in [-0.2, 0) is 12.8 Å². The summed E-state index contributed by atoms with van der Waals surface area (Å²) in [5.74, 6) is 0.507. The predicted octanol–water partition coefficient (Wildman–Crippen LogP) is 9.59. The lowest BCUT2D eigenvalue weighted by atomic mass is 9.87. The molecular formula is C43H42ClN5O4. The monoisotopic (exact) mass is 727 g/mol. The summed E-state index contributed by atoms with van der Waals surface area (Å²) >= 11 is 6.22. The van der Waals surface area contributed by atoms with Crippen LogP contribution in [0.5, 0.6) is 11.5 Å². The summed E-state index contributed by atoms with van der Waals surface area (Å²) in [6, 6.07) is 33.4. The molecule has 6 rings (SSSR count). The van der Waals surface area contributed by atoms with Crippen molar-refractivity contribution >= 4 is 23.3 Å². The standard InChI is InChI=1S/C22H21ClN2O2.C21H21N3O2/c1-2-4-14-11-19(15-7-9-18(26)10-8-15)21(20(12-14)22(24)25-27)16-5-3-6-17(23)13-16;1-2-4-14-11-18(15-6-8-17(25)9-7-15)20(16-5-3-10-23-13-16)19(12-14)21(22)24-26/h3,5-13,26-27H,2,4H2,1H3,(H2,24,25);3,5-13,25-26H,2,4H2,1H3,(H2,22,24). The van der Waals surface area contributed by atoms with E-state index in [4.69, 9.17) is 23.1 Å². The first-order valence-electron chi connectivity index (χ1n) is 17.2. The number of phenols is 2. The van der Waals surface area contributed by atoms with E-state index in [2.05, 4.69) is 41.3 Å². The van der Waals surface area contributed by atoms with Gasteiger partial charge < -0.3 is 32.1 Å². The summed E-state index contributed by atoms with van der Waals surface area (Å²) in [7, 11) is 0. The number of aryl methyl sites for hydroxylation is 2. The van der Waals surface area contributed by atoms with E-state index in [9.17, 15) is 20.6 Å². The highest BCUT2D eigenvalue weighted by atomic mass is 35.5. The van der Waals surface area contributed by atoms with E-state index in [0.717, 1.165) is 81.3 Å². The molecule has 0 atom stereocenters. The van der Waals surface area contributed by atoms with E-state index in [0.29, 0.717) is 16.1 Å². The molecule has 6 aromatic rings. The van der Waals surface area contributed by atoms with Crippen molar-refractivity contribution in [3.05, 3.63) is 149 Å². The van der Waals surface area contributed by atoms with Crippen LogP contribution >= 0.6 is 11.6 Å². The van der Waals surface area contributed by atoms with Gasteiger partial charge in [-0.15, -0.1) is 0 Å². The maximum absolute atomic E-state index is 9.66. The molecule has 0 unspecified atom stereocenters. The summed E-state index contributed by atoms with van der Waals surface area (Å²) in [6.07, 6.45) is 7.17. The molecule has 0 aliphatic rings. The fraction of sp³-hybridized carbons (Fsp3) is 0.140. The summed E-state index contributed by atoms with van der Waals surface area (Å²) in [5, 5.41) is 45.0. The molecule has 5 aromatic carbocycles. The topological polar surface area (TPSA) is 171 Å². The molecular weight excluding hydrogens is 686 g/mol. The zero-order valence-corrected chi connectivity index (χ0v) is 30.3. The Balaban J connectivity index is 0.000000204. The SMILES string of the molecule is CCCc1cc(C(N)=NO)c(-c2cccc(Cl)c2)c(-c2ccc(O)cc2)c1.CCCc1cc(C(N)=NO)c(-c2cccnc2)c(-c2ccc(O)cc2)c1. The Bertz CT molecular complexity index is 2220. The Labute approximate surface area is 314 Å². The molecule has 0 bridgehead atoms. The van der Waals surface area contributed by atoms with Crippen LogP contribution < -0.4 is 11.5 Å². The number of nitrogens with two attached hydrogens (primary N) is 2. The third kappa shape index (κ3) is 9.13. The number of phenolic OH excluding ortho intramolecular Hbond substituents is 2. The number of aromatic hydroxyl groups is 2. The van der Waals surface area contributed by atoms with Crippen molar-refractivity contribution in [1.82, 2.24) is 4.98 Å². The fourth-order valence-corrected chi connectivity index (χ4v) is 6.49. The molecule has 0 radical (unpaired) electrons. The van der Waals surface area contributed by atoms with Gasteiger partial charge in [0, 0.05) is 45.2 Å². The number of amidine groups is 2. The molecule has 8 N–H and O–H groups in total. The van der Waals surface area contributed by atoms with Crippen molar-refractivity contribution in [2.45, 2.75) is 39.5 Å². The Morgan fingerprint density at radius 1 is 0.604 bits per heavy atom. The van der Waals surface area contributed by atoms with E-state index < -0.39 is 0 Å². The Kier molecular flexibility index (Phi) is 12.7. The second-order valence-electron chi connectivity index (χ2n) is 12.4. The summed E-state index contributed by atoms with van der Waals surface area (Å²) < 4.78 is 0. The molecule has 1 heterocycles. The molecule has 0 aliphatic heterocycles. The van der Waals surface area contributed by atoms with Crippen molar-refractivity contribution in [3.63, 3.8) is 0 Å². The minimum atomic E-state index is 0.0444. The normalized spacial score (nSPS) is 11.5. The van der Waals surface area contributed by atoms with Crippen LogP contribution in [-0.4, -0.2) is 37.3 Å². The number of hydrogen-bond acceptors (Lipinski definition) is 7. The van der Waals surface area contributed by atoms with Gasteiger partial charge in [0.15, 0.2) is 11.7 Å². The minimum absolute atomic E-state index is 0.0444. The predicted molar refractivity (Wildman–Crippen MR) is 214 cm³/mol. The first-order chi connectivity index (χ1) is 25.7. The molecule has 0 saturated carbocycles. The highest BCUT2D eigenvalue weighted by Crippen LogP contribution is 2.39. The first kappa shape index (κ1) is 37.9. The molecule has 53 heavy (non-hydrogen) atoms. The van der Waals surface area contributed by atoms with Crippen LogP contribution in [0, 0.1) is 0 Å². The highest BCUT2D eigenvalue weighted by molar-refractivity contribution is 6.31. The fourth-order valence-electron chi connectivity index (χ4n) is 6.30.